The van der Waals surface area contributed by atoms with Crippen LogP contribution in [0, 0.1) is 5.92 Å². The summed E-state index contributed by atoms with van der Waals surface area (Å²) < 4.78 is 10.6. The number of hydrogen-bond acceptors (Lipinski definition) is 6. The van der Waals surface area contributed by atoms with Crippen LogP contribution in [0.25, 0.3) is 11.1 Å². The van der Waals surface area contributed by atoms with Crippen molar-refractivity contribution in [2.24, 2.45) is 5.92 Å². The second-order valence-corrected chi connectivity index (χ2v) is 8.54. The summed E-state index contributed by atoms with van der Waals surface area (Å²) >= 11 is 0. The number of carbonyl (C=O) groups is 3. The predicted molar refractivity (Wildman–Crippen MR) is 121 cm³/mol. The van der Waals surface area contributed by atoms with E-state index in [9.17, 15) is 14.4 Å². The Morgan fingerprint density at radius 1 is 1.06 bits per heavy atom. The average Bonchev–Trinajstić information content (AvgIpc) is 3.39. The molecule has 1 aliphatic carbocycles. The highest BCUT2D eigenvalue weighted by atomic mass is 16.6. The number of rotatable bonds is 7. The summed E-state index contributed by atoms with van der Waals surface area (Å²) in [6.45, 7) is 1.12. The Bertz CT molecular complexity index is 1200. The maximum atomic E-state index is 12.5. The van der Waals surface area contributed by atoms with Crippen molar-refractivity contribution in [1.29, 1.82) is 0 Å². The zero-order valence-electron chi connectivity index (χ0n) is 18.3. The second kappa shape index (κ2) is 9.01. The normalized spacial score (nSPS) is 14.8. The van der Waals surface area contributed by atoms with Gasteiger partial charge in [-0.15, -0.1) is 0 Å². The Morgan fingerprint density at radius 3 is 2.35 bits per heavy atom. The van der Waals surface area contributed by atoms with Crippen molar-refractivity contribution in [3.05, 3.63) is 71.4 Å². The Kier molecular flexibility index (Phi) is 5.75. The summed E-state index contributed by atoms with van der Waals surface area (Å²) in [5, 5.41) is 15.0. The molecule has 1 fully saturated rings. The van der Waals surface area contributed by atoms with Crippen molar-refractivity contribution in [1.82, 2.24) is 10.1 Å². The molecule has 2 amide bonds. The number of amides is 2. The van der Waals surface area contributed by atoms with Gasteiger partial charge in [-0.3, -0.25) is 14.9 Å². The SMILES string of the molecule is O=C(O)CCC1CN(C(=O)c2cc(NC(=O)OCC3c4ccccc4-c4ccccc43)on2)C1. The number of ether oxygens (including phenoxy) is 1. The first-order chi connectivity index (χ1) is 16.5. The van der Waals surface area contributed by atoms with Crippen LogP contribution in [0.1, 0.15) is 40.4 Å². The molecule has 2 aliphatic rings. The zero-order chi connectivity index (χ0) is 23.7. The number of nitrogens with one attached hydrogen (secondary N) is 1. The van der Waals surface area contributed by atoms with Gasteiger partial charge < -0.3 is 19.3 Å². The molecule has 2 heterocycles. The summed E-state index contributed by atoms with van der Waals surface area (Å²) in [4.78, 5) is 37.1. The summed E-state index contributed by atoms with van der Waals surface area (Å²) in [5.41, 5.74) is 4.58. The van der Waals surface area contributed by atoms with Crippen molar-refractivity contribution in [2.45, 2.75) is 18.8 Å². The van der Waals surface area contributed by atoms with Gasteiger partial charge in [0.2, 0.25) is 5.88 Å². The van der Waals surface area contributed by atoms with Gasteiger partial charge in [0.15, 0.2) is 5.69 Å². The summed E-state index contributed by atoms with van der Waals surface area (Å²) in [6.07, 6.45) is -0.0770. The van der Waals surface area contributed by atoms with Crippen LogP contribution in [-0.2, 0) is 9.53 Å². The van der Waals surface area contributed by atoms with Crippen molar-refractivity contribution >= 4 is 23.9 Å². The lowest BCUT2D eigenvalue weighted by atomic mass is 9.94. The average molecular weight is 461 g/mol. The fourth-order valence-electron chi connectivity index (χ4n) is 4.58. The number of aliphatic carboxylic acids is 1. The maximum absolute atomic E-state index is 12.5. The van der Waals surface area contributed by atoms with E-state index in [4.69, 9.17) is 14.4 Å². The molecule has 1 aliphatic heterocycles. The smallest absolute Gasteiger partial charge is 0.414 e. The Labute approximate surface area is 195 Å². The van der Waals surface area contributed by atoms with Crippen molar-refractivity contribution in [3.63, 3.8) is 0 Å². The van der Waals surface area contributed by atoms with Crippen LogP contribution < -0.4 is 5.32 Å². The van der Waals surface area contributed by atoms with Crippen molar-refractivity contribution in [3.8, 4) is 11.1 Å². The van der Waals surface area contributed by atoms with Gasteiger partial charge in [-0.05, 0) is 34.6 Å². The molecular weight excluding hydrogens is 438 g/mol. The number of benzene rings is 2. The number of carboxylic acid groups (broad SMARTS) is 1. The van der Waals surface area contributed by atoms with Crippen molar-refractivity contribution in [2.75, 3.05) is 25.0 Å². The third-order valence-corrected chi connectivity index (χ3v) is 6.31. The second-order valence-electron chi connectivity index (χ2n) is 8.54. The van der Waals surface area contributed by atoms with Crippen LogP contribution in [0.4, 0.5) is 10.7 Å². The molecule has 1 saturated heterocycles. The van der Waals surface area contributed by atoms with Gasteiger partial charge in [-0.2, -0.15) is 0 Å². The molecule has 0 radical (unpaired) electrons. The molecule has 2 aromatic carbocycles. The standard InChI is InChI=1S/C25H23N3O6/c29-23(30)10-9-15-12-28(13-15)24(31)21-11-22(34-27-21)26-25(32)33-14-20-18-7-3-1-5-16(18)17-6-2-4-8-19(17)20/h1-8,11,15,20H,9-10,12-14H2,(H,26,32)(H,29,30). The Balaban J connectivity index is 1.15. The van der Waals surface area contributed by atoms with Gasteiger partial charge in [0.1, 0.15) is 6.61 Å². The van der Waals surface area contributed by atoms with Gasteiger partial charge in [-0.1, -0.05) is 53.7 Å². The third-order valence-electron chi connectivity index (χ3n) is 6.31. The van der Waals surface area contributed by atoms with Crippen LogP contribution in [0.15, 0.2) is 59.1 Å². The first-order valence-corrected chi connectivity index (χ1v) is 11.1. The molecule has 34 heavy (non-hydrogen) atoms. The molecule has 9 nitrogen and oxygen atoms in total. The first kappa shape index (κ1) is 21.7. The van der Waals surface area contributed by atoms with E-state index in [0.717, 1.165) is 22.3 Å². The molecule has 0 spiro atoms. The number of fused-ring (bicyclic) bond motifs is 3. The van der Waals surface area contributed by atoms with Crippen LogP contribution in [0.5, 0.6) is 0 Å². The monoisotopic (exact) mass is 461 g/mol. The molecule has 9 heteroatoms. The number of carbonyl (C=O) groups excluding carboxylic acids is 2. The number of aromatic nitrogens is 1. The van der Waals surface area contributed by atoms with E-state index in [1.165, 1.54) is 6.07 Å². The highest BCUT2D eigenvalue weighted by Crippen LogP contribution is 2.44. The number of hydrogen-bond donors (Lipinski definition) is 2. The number of anilines is 1. The molecule has 0 unspecified atom stereocenters. The van der Waals surface area contributed by atoms with E-state index in [0.29, 0.717) is 19.5 Å². The molecule has 2 N–H and O–H groups in total. The molecule has 0 saturated carbocycles. The van der Waals surface area contributed by atoms with E-state index in [2.05, 4.69) is 22.6 Å². The van der Waals surface area contributed by atoms with Gasteiger partial charge >= 0.3 is 12.1 Å². The van der Waals surface area contributed by atoms with Crippen molar-refractivity contribution < 1.29 is 28.8 Å². The summed E-state index contributed by atoms with van der Waals surface area (Å²) in [6, 6.07) is 17.5. The van der Waals surface area contributed by atoms with E-state index in [-0.39, 0.29) is 42.3 Å². The van der Waals surface area contributed by atoms with Gasteiger partial charge in [-0.25, -0.2) is 4.79 Å². The number of likely N-dealkylation sites (tertiary alicyclic amines) is 1. The third kappa shape index (κ3) is 4.24. The van der Waals surface area contributed by atoms with Gasteiger partial charge in [0.05, 0.1) is 0 Å². The van der Waals surface area contributed by atoms with E-state index in [1.807, 2.05) is 36.4 Å². The fourth-order valence-corrected chi connectivity index (χ4v) is 4.58. The molecule has 0 atom stereocenters. The minimum absolute atomic E-state index is 0.0172. The molecule has 0 bridgehead atoms. The lowest BCUT2D eigenvalue weighted by Gasteiger charge is -2.38. The zero-order valence-corrected chi connectivity index (χ0v) is 18.3. The van der Waals surface area contributed by atoms with Crippen LogP contribution in [0.2, 0.25) is 0 Å². The highest BCUT2D eigenvalue weighted by molar-refractivity contribution is 5.94. The van der Waals surface area contributed by atoms with Crippen LogP contribution in [0.3, 0.4) is 0 Å². The quantitative estimate of drug-likeness (QED) is 0.546. The van der Waals surface area contributed by atoms with Gasteiger partial charge in [0, 0.05) is 31.5 Å². The molecule has 3 aromatic rings. The largest absolute Gasteiger partial charge is 0.481 e. The maximum Gasteiger partial charge on any atom is 0.414 e. The number of carboxylic acids is 1. The molecule has 1 aromatic heterocycles. The van der Waals surface area contributed by atoms with Crippen LogP contribution in [-0.4, -0.2) is 52.8 Å². The fraction of sp³-hybridized carbons (Fsp3) is 0.280. The Morgan fingerprint density at radius 2 is 1.71 bits per heavy atom. The highest BCUT2D eigenvalue weighted by Gasteiger charge is 2.33. The molecule has 174 valence electrons. The van der Waals surface area contributed by atoms with Gasteiger partial charge in [0.25, 0.3) is 5.91 Å². The van der Waals surface area contributed by atoms with E-state index < -0.39 is 12.1 Å². The van der Waals surface area contributed by atoms with E-state index >= 15 is 0 Å². The first-order valence-electron chi connectivity index (χ1n) is 11.1. The minimum atomic E-state index is -0.842. The summed E-state index contributed by atoms with van der Waals surface area (Å²) in [7, 11) is 0. The lowest BCUT2D eigenvalue weighted by Crippen LogP contribution is -2.50. The topological polar surface area (TPSA) is 122 Å². The molecular formula is C25H23N3O6. The molecule has 5 rings (SSSR count). The number of nitrogens with zero attached hydrogens (tertiary/aromatic N) is 2. The summed E-state index contributed by atoms with van der Waals surface area (Å²) in [5.74, 6) is -1.04. The lowest BCUT2D eigenvalue weighted by molar-refractivity contribution is -0.137. The van der Waals surface area contributed by atoms with E-state index in [1.54, 1.807) is 4.90 Å². The minimum Gasteiger partial charge on any atom is -0.481 e. The predicted octanol–water partition coefficient (Wildman–Crippen LogP) is 3.97. The Hall–Kier alpha value is -4.14. The van der Waals surface area contributed by atoms with Crippen LogP contribution >= 0.6 is 0 Å².